The Labute approximate surface area is 259 Å². The molecule has 0 saturated carbocycles. The molecular weight excluding hydrogens is 557 g/mol. The van der Waals surface area contributed by atoms with Crippen LogP contribution in [-0.4, -0.2) is 60.0 Å². The summed E-state index contributed by atoms with van der Waals surface area (Å²) in [6.07, 6.45) is 7.96. The van der Waals surface area contributed by atoms with Crippen molar-refractivity contribution in [2.45, 2.75) is 96.7 Å². The second kappa shape index (κ2) is 13.9. The van der Waals surface area contributed by atoms with Gasteiger partial charge in [0.15, 0.2) is 12.3 Å². The van der Waals surface area contributed by atoms with E-state index in [1.54, 1.807) is 7.11 Å². The van der Waals surface area contributed by atoms with E-state index in [1.807, 2.05) is 12.1 Å². The van der Waals surface area contributed by atoms with Gasteiger partial charge in [-0.1, -0.05) is 31.0 Å². The summed E-state index contributed by atoms with van der Waals surface area (Å²) in [5.74, 6) is 1.73. The third-order valence-electron chi connectivity index (χ3n) is 8.80. The van der Waals surface area contributed by atoms with Gasteiger partial charge in [0, 0.05) is 41.8 Å². The summed E-state index contributed by atoms with van der Waals surface area (Å²) in [6, 6.07) is 17.9. The number of methoxy groups -OCH3 is 1. The van der Waals surface area contributed by atoms with Crippen molar-refractivity contribution < 1.29 is 23.1 Å². The zero-order valence-corrected chi connectivity index (χ0v) is 27.5. The summed E-state index contributed by atoms with van der Waals surface area (Å²) >= 11 is 0. The molecule has 230 valence electrons. The highest BCUT2D eigenvalue weighted by Gasteiger charge is 2.54. The molecule has 2 aromatic carbocycles. The van der Waals surface area contributed by atoms with Gasteiger partial charge in [-0.05, 0) is 65.7 Å². The van der Waals surface area contributed by atoms with Gasteiger partial charge < -0.3 is 18.5 Å². The maximum atomic E-state index is 8.98. The molecule has 3 unspecified atom stereocenters. The lowest BCUT2D eigenvalue weighted by molar-refractivity contribution is -0.444. The Balaban J connectivity index is 1.28. The number of para-hydroxylation sites is 1. The van der Waals surface area contributed by atoms with E-state index >= 15 is 0 Å². The molecule has 7 nitrogen and oxygen atoms in total. The topological polar surface area (TPSA) is 67.0 Å². The highest BCUT2D eigenvalue weighted by Crippen LogP contribution is 2.50. The molecule has 8 heteroatoms. The molecule has 0 N–H and O–H groups in total. The Morgan fingerprint density at radius 3 is 2.58 bits per heavy atom. The Bertz CT molecular complexity index is 1390. The molecule has 0 aliphatic carbocycles. The molecule has 3 atom stereocenters. The van der Waals surface area contributed by atoms with Crippen LogP contribution in [0.5, 0.6) is 11.5 Å². The summed E-state index contributed by atoms with van der Waals surface area (Å²) < 4.78 is 29.3. The summed E-state index contributed by atoms with van der Waals surface area (Å²) in [4.78, 5) is 0. The predicted molar refractivity (Wildman–Crippen MR) is 173 cm³/mol. The molecule has 0 aromatic heterocycles. The average molecular weight is 605 g/mol. The first kappa shape index (κ1) is 31.7. The van der Waals surface area contributed by atoms with Gasteiger partial charge in [0.2, 0.25) is 5.69 Å². The van der Waals surface area contributed by atoms with Crippen LogP contribution in [0.4, 0.5) is 5.69 Å². The zero-order valence-electron chi connectivity index (χ0n) is 26.6. The first-order valence-electron chi connectivity index (χ1n) is 15.8. The van der Waals surface area contributed by atoms with Gasteiger partial charge in [0.25, 0.3) is 8.53 Å². The van der Waals surface area contributed by atoms with E-state index in [0.29, 0.717) is 31.7 Å². The Morgan fingerprint density at radius 1 is 1.07 bits per heavy atom. The fourth-order valence-corrected chi connectivity index (χ4v) is 8.54. The van der Waals surface area contributed by atoms with Crippen LogP contribution in [0.25, 0.3) is 6.08 Å². The minimum atomic E-state index is -1.19. The quantitative estimate of drug-likeness (QED) is 0.123. The van der Waals surface area contributed by atoms with E-state index in [-0.39, 0.29) is 11.5 Å². The minimum absolute atomic E-state index is 0.0537. The molecule has 0 saturated heterocycles. The summed E-state index contributed by atoms with van der Waals surface area (Å²) in [5, 5.41) is 8.98. The van der Waals surface area contributed by atoms with E-state index in [2.05, 4.69) is 86.3 Å². The molecule has 0 spiro atoms. The Kier molecular flexibility index (Phi) is 10.2. The lowest BCUT2D eigenvalue weighted by Gasteiger charge is -2.35. The smallest absolute Gasteiger partial charge is 0.259 e. The van der Waals surface area contributed by atoms with E-state index < -0.39 is 8.53 Å². The number of nitriles is 1. The van der Waals surface area contributed by atoms with E-state index in [4.69, 9.17) is 23.8 Å². The molecule has 0 fully saturated rings. The number of fused-ring (bicyclic) bond motifs is 5. The molecular formula is C35H47N3O4P+. The van der Waals surface area contributed by atoms with Crippen LogP contribution in [0, 0.1) is 11.3 Å². The van der Waals surface area contributed by atoms with Crippen LogP contribution in [0.1, 0.15) is 84.3 Å². The SMILES string of the molecule is COc1ccc2c(c1)OC1CC[N+]3=C(C1=C2)C(C)(CCCCCOP(OCCC#N)N(C(C)C)C(C)C)c1ccccc13. The third kappa shape index (κ3) is 6.54. The van der Waals surface area contributed by atoms with Crippen molar-refractivity contribution >= 4 is 26.0 Å². The number of unbranched alkanes of at least 4 members (excludes halogenated alkanes) is 2. The van der Waals surface area contributed by atoms with Gasteiger partial charge in [-0.2, -0.15) is 9.84 Å². The van der Waals surface area contributed by atoms with Crippen LogP contribution in [-0.2, 0) is 14.5 Å². The van der Waals surface area contributed by atoms with Crippen molar-refractivity contribution in [2.24, 2.45) is 0 Å². The van der Waals surface area contributed by atoms with E-state index in [0.717, 1.165) is 55.7 Å². The van der Waals surface area contributed by atoms with Crippen molar-refractivity contribution in [2.75, 3.05) is 26.9 Å². The molecule has 3 heterocycles. The normalized spacial score (nSPS) is 21.1. The number of ether oxygens (including phenoxy) is 2. The fourth-order valence-electron chi connectivity index (χ4n) is 6.92. The van der Waals surface area contributed by atoms with Gasteiger partial charge in [0.1, 0.15) is 17.6 Å². The number of hydrogen-bond acceptors (Lipinski definition) is 6. The summed E-state index contributed by atoms with van der Waals surface area (Å²) in [6.45, 7) is 13.1. The van der Waals surface area contributed by atoms with Gasteiger partial charge in [-0.25, -0.2) is 4.67 Å². The highest BCUT2D eigenvalue weighted by molar-refractivity contribution is 7.44. The van der Waals surface area contributed by atoms with Gasteiger partial charge in [0.05, 0.1) is 43.8 Å². The maximum Gasteiger partial charge on any atom is 0.259 e. The number of hydrogen-bond donors (Lipinski definition) is 0. The van der Waals surface area contributed by atoms with Crippen molar-refractivity contribution in [1.29, 1.82) is 5.26 Å². The number of nitrogens with zero attached hydrogens (tertiary/aromatic N) is 3. The van der Waals surface area contributed by atoms with Crippen molar-refractivity contribution in [3.63, 3.8) is 0 Å². The molecule has 2 aromatic rings. The molecule has 0 amide bonds. The first-order valence-corrected chi connectivity index (χ1v) is 16.9. The monoisotopic (exact) mass is 604 g/mol. The Hall–Kier alpha value is -2.75. The molecule has 0 radical (unpaired) electrons. The average Bonchev–Trinajstić information content (AvgIpc) is 3.25. The lowest BCUT2D eigenvalue weighted by Crippen LogP contribution is -2.44. The van der Waals surface area contributed by atoms with Crippen molar-refractivity contribution in [3.8, 4) is 17.6 Å². The van der Waals surface area contributed by atoms with E-state index in [9.17, 15) is 0 Å². The van der Waals surface area contributed by atoms with Crippen LogP contribution in [0.2, 0.25) is 0 Å². The molecule has 0 bridgehead atoms. The van der Waals surface area contributed by atoms with Gasteiger partial charge >= 0.3 is 0 Å². The summed E-state index contributed by atoms with van der Waals surface area (Å²) in [5.41, 5.74) is 6.50. The molecule has 3 aliphatic rings. The lowest BCUT2D eigenvalue weighted by atomic mass is 9.71. The maximum absolute atomic E-state index is 8.98. The Morgan fingerprint density at radius 2 is 1.84 bits per heavy atom. The van der Waals surface area contributed by atoms with Crippen LogP contribution >= 0.6 is 8.53 Å². The first-order chi connectivity index (χ1) is 20.8. The van der Waals surface area contributed by atoms with Crippen molar-refractivity contribution in [3.05, 3.63) is 59.2 Å². The van der Waals surface area contributed by atoms with Crippen molar-refractivity contribution in [1.82, 2.24) is 4.67 Å². The van der Waals surface area contributed by atoms with Crippen LogP contribution in [0.15, 0.2) is 48.0 Å². The fraction of sp³-hybridized carbons (Fsp3) is 0.543. The largest absolute Gasteiger partial charge is 0.497 e. The minimum Gasteiger partial charge on any atom is -0.497 e. The predicted octanol–water partition coefficient (Wildman–Crippen LogP) is 8.15. The highest BCUT2D eigenvalue weighted by atomic mass is 31.2. The molecule has 5 rings (SSSR count). The van der Waals surface area contributed by atoms with Gasteiger partial charge in [-0.3, -0.25) is 0 Å². The standard InChI is InChI=1S/C35H47N3O4P/c1-25(2)38(26(3)4)43(41-22-12-19-36)40-21-11-7-10-18-35(5)30-13-8-9-14-31(30)37-20-17-32-29(34(35)37)23-27-15-16-28(39-6)24-33(27)42-32/h8-9,13-16,23-26,32H,7,10-12,17-18,20-22H2,1-6H3/q+1. The third-order valence-corrected chi connectivity index (χ3v) is 10.9. The van der Waals surface area contributed by atoms with Crippen LogP contribution < -0.4 is 9.47 Å². The molecule has 43 heavy (non-hydrogen) atoms. The van der Waals surface area contributed by atoms with Crippen LogP contribution in [0.3, 0.4) is 0 Å². The second-order valence-corrected chi connectivity index (χ2v) is 13.9. The number of benzene rings is 2. The molecule has 3 aliphatic heterocycles. The number of rotatable bonds is 14. The summed E-state index contributed by atoms with van der Waals surface area (Å²) in [7, 11) is 0.507. The second-order valence-electron chi connectivity index (χ2n) is 12.4. The van der Waals surface area contributed by atoms with Gasteiger partial charge in [-0.15, -0.1) is 0 Å². The van der Waals surface area contributed by atoms with E-state index in [1.165, 1.54) is 22.5 Å². The zero-order chi connectivity index (χ0) is 30.6.